The van der Waals surface area contributed by atoms with Gasteiger partial charge >= 0.3 is 5.69 Å². The number of nitrogens with zero attached hydrogens (tertiary/aromatic N) is 3. The minimum atomic E-state index is 0. The first-order chi connectivity index (χ1) is 6.19. The number of diazo groups is 1. The molecule has 0 saturated carbocycles. The fourth-order valence-electron chi connectivity index (χ4n) is 1.09. The predicted octanol–water partition coefficient (Wildman–Crippen LogP) is -3.04. The summed E-state index contributed by atoms with van der Waals surface area (Å²) in [5, 5.41) is 8.78. The van der Waals surface area contributed by atoms with Gasteiger partial charge in [0, 0.05) is 44.5 Å². The quantitative estimate of drug-likeness (QED) is 0.328. The maximum atomic E-state index is 8.78. The fourth-order valence-corrected chi connectivity index (χ4v) is 1.52. The van der Waals surface area contributed by atoms with E-state index in [1.54, 1.807) is 11.8 Å². The monoisotopic (exact) mass is 328 g/mol. The molecule has 0 N–H and O–H groups in total. The molecule has 0 aliphatic carbocycles. The molecule has 0 heterocycles. The van der Waals surface area contributed by atoms with E-state index in [1.807, 2.05) is 43.5 Å². The summed E-state index contributed by atoms with van der Waals surface area (Å²) in [4.78, 5) is 6.26. The Balaban J connectivity index is -0.000000563. The van der Waals surface area contributed by atoms with Crippen LogP contribution in [-0.4, -0.2) is 20.4 Å². The van der Waals surface area contributed by atoms with E-state index in [0.29, 0.717) is 5.69 Å². The summed E-state index contributed by atoms with van der Waals surface area (Å²) in [5.41, 5.74) is 1.53. The summed E-state index contributed by atoms with van der Waals surface area (Å²) in [5.74, 6) is 0. The molecule has 0 saturated heterocycles. The Labute approximate surface area is 126 Å². The number of rotatable bonds is 2. The molecule has 0 bridgehead atoms. The molecule has 0 spiro atoms. The maximum Gasteiger partial charge on any atom is 0.409 e. The molecule has 1 aromatic carbocycles. The van der Waals surface area contributed by atoms with Crippen molar-refractivity contribution in [1.82, 2.24) is 0 Å². The Morgan fingerprint density at radius 2 is 1.81 bits per heavy atom. The normalized spacial score (nSPS) is 7.62. The van der Waals surface area contributed by atoms with Gasteiger partial charge in [0.1, 0.15) is 5.69 Å². The van der Waals surface area contributed by atoms with Gasteiger partial charge < -0.3 is 29.7 Å². The van der Waals surface area contributed by atoms with Crippen LogP contribution in [0.25, 0.3) is 4.98 Å². The van der Waals surface area contributed by atoms with Crippen LogP contribution in [0, 0.1) is 5.39 Å². The Bertz CT molecular complexity index is 355. The van der Waals surface area contributed by atoms with Crippen molar-refractivity contribution in [2.45, 2.75) is 4.90 Å². The van der Waals surface area contributed by atoms with Gasteiger partial charge in [-0.1, -0.05) is 0 Å². The average Bonchev–Trinajstić information content (AvgIpc) is 2.16. The zero-order valence-electron chi connectivity index (χ0n) is 9.44. The van der Waals surface area contributed by atoms with Crippen molar-refractivity contribution in [1.29, 1.82) is 5.39 Å². The Morgan fingerprint density at radius 1 is 1.25 bits per heavy atom. The smallest absolute Gasteiger partial charge is 0.409 e. The third kappa shape index (κ3) is 5.36. The minimum Gasteiger partial charge on any atom is -1.00 e. The summed E-state index contributed by atoms with van der Waals surface area (Å²) in [7, 11) is 3.84. The van der Waals surface area contributed by atoms with E-state index < -0.39 is 0 Å². The minimum absolute atomic E-state index is 0. The Kier molecular flexibility index (Phi) is 13.5. The average molecular weight is 331 g/mol. The molecule has 0 amide bonds. The number of hydrogen-bond acceptors (Lipinski definition) is 3. The van der Waals surface area contributed by atoms with E-state index in [0.717, 1.165) is 10.6 Å². The molecule has 1 rings (SSSR count). The first kappa shape index (κ1) is 21.3. The van der Waals surface area contributed by atoms with Gasteiger partial charge in [-0.3, -0.25) is 0 Å². The molecular formula is C9H12Cl2N3SZn-. The second-order valence-electron chi connectivity index (χ2n) is 2.85. The first-order valence-electron chi connectivity index (χ1n) is 3.89. The molecule has 86 valence electrons. The number of anilines is 1. The number of halogens is 2. The van der Waals surface area contributed by atoms with Crippen LogP contribution in [-0.2, 0) is 19.5 Å². The van der Waals surface area contributed by atoms with Crippen molar-refractivity contribution in [3.63, 3.8) is 0 Å². The van der Waals surface area contributed by atoms with Crippen molar-refractivity contribution in [2.75, 3.05) is 25.3 Å². The van der Waals surface area contributed by atoms with E-state index >= 15 is 0 Å². The van der Waals surface area contributed by atoms with Crippen molar-refractivity contribution in [3.8, 4) is 0 Å². The van der Waals surface area contributed by atoms with Crippen LogP contribution in [0.3, 0.4) is 0 Å². The molecule has 0 atom stereocenters. The summed E-state index contributed by atoms with van der Waals surface area (Å²) in [6.07, 6.45) is 1.99. The van der Waals surface area contributed by atoms with Crippen LogP contribution in [0.1, 0.15) is 0 Å². The van der Waals surface area contributed by atoms with Crippen LogP contribution in [0.5, 0.6) is 0 Å². The zero-order valence-corrected chi connectivity index (χ0v) is 14.7. The van der Waals surface area contributed by atoms with Gasteiger partial charge in [0.15, 0.2) is 4.98 Å². The van der Waals surface area contributed by atoms with Crippen LogP contribution in [0.4, 0.5) is 11.4 Å². The Hall–Kier alpha value is -0.00662. The molecule has 3 nitrogen and oxygen atoms in total. The number of benzene rings is 1. The van der Waals surface area contributed by atoms with Crippen molar-refractivity contribution >= 4 is 23.1 Å². The molecule has 0 aromatic heterocycles. The molecular weight excluding hydrogens is 318 g/mol. The van der Waals surface area contributed by atoms with E-state index in [9.17, 15) is 0 Å². The summed E-state index contributed by atoms with van der Waals surface area (Å²) in [6, 6.07) is 5.82. The zero-order chi connectivity index (χ0) is 9.84. The molecule has 7 heteroatoms. The summed E-state index contributed by atoms with van der Waals surface area (Å²) < 4.78 is 0. The number of hydrogen-bond donors (Lipinski definition) is 0. The van der Waals surface area contributed by atoms with Crippen LogP contribution >= 0.6 is 11.8 Å². The maximum absolute atomic E-state index is 8.78. The molecule has 0 unspecified atom stereocenters. The third-order valence-electron chi connectivity index (χ3n) is 1.77. The van der Waals surface area contributed by atoms with Gasteiger partial charge in [0.05, 0.1) is 0 Å². The van der Waals surface area contributed by atoms with Gasteiger partial charge in [-0.15, -0.1) is 11.8 Å². The largest absolute Gasteiger partial charge is 1.00 e. The molecule has 0 radical (unpaired) electrons. The number of thioether (sulfide) groups is 1. The SMILES string of the molecule is CSc1ccc(N(C)C)c([N+]#N)c1.[Cl-].[Cl-].[Zn]. The van der Waals surface area contributed by atoms with E-state index in [4.69, 9.17) is 5.39 Å². The van der Waals surface area contributed by atoms with Gasteiger partial charge in [0.25, 0.3) is 0 Å². The topological polar surface area (TPSA) is 31.4 Å². The van der Waals surface area contributed by atoms with Crippen molar-refractivity contribution in [2.24, 2.45) is 0 Å². The van der Waals surface area contributed by atoms with Gasteiger partial charge in [-0.2, -0.15) is 0 Å². The van der Waals surface area contributed by atoms with E-state index in [2.05, 4.69) is 4.98 Å². The van der Waals surface area contributed by atoms with Crippen molar-refractivity contribution < 1.29 is 44.3 Å². The van der Waals surface area contributed by atoms with E-state index in [1.165, 1.54) is 0 Å². The molecule has 1 aromatic rings. The fraction of sp³-hybridized carbons (Fsp3) is 0.333. The van der Waals surface area contributed by atoms with Gasteiger partial charge in [-0.25, -0.2) is 0 Å². The second kappa shape index (κ2) is 10.2. The van der Waals surface area contributed by atoms with Crippen LogP contribution < -0.4 is 29.7 Å². The van der Waals surface area contributed by atoms with Gasteiger partial charge in [0.2, 0.25) is 5.39 Å². The first-order valence-corrected chi connectivity index (χ1v) is 5.12. The van der Waals surface area contributed by atoms with Crippen LogP contribution in [0.2, 0.25) is 0 Å². The predicted molar refractivity (Wildman–Crippen MR) is 57.3 cm³/mol. The van der Waals surface area contributed by atoms with Gasteiger partial charge in [-0.05, 0) is 18.4 Å². The third-order valence-corrected chi connectivity index (χ3v) is 2.50. The van der Waals surface area contributed by atoms with E-state index in [-0.39, 0.29) is 44.3 Å². The molecule has 0 fully saturated rings. The van der Waals surface area contributed by atoms with Crippen LogP contribution in [0.15, 0.2) is 23.1 Å². The second-order valence-corrected chi connectivity index (χ2v) is 3.73. The van der Waals surface area contributed by atoms with Crippen molar-refractivity contribution in [3.05, 3.63) is 23.2 Å². The molecule has 0 aliphatic rings. The summed E-state index contributed by atoms with van der Waals surface area (Å²) >= 11 is 1.63. The Morgan fingerprint density at radius 3 is 2.19 bits per heavy atom. The molecule has 16 heavy (non-hydrogen) atoms. The standard InChI is InChI=1S/C9H12N3S.2ClH.Zn/c1-12(2)9-5-4-7(13-3)6-8(9)11-10;;;/h4-6H,1-3H3;2*1H;/q+1;;;/p-2. The summed E-state index contributed by atoms with van der Waals surface area (Å²) in [6.45, 7) is 0. The molecule has 0 aliphatic heterocycles.